The molecule has 0 saturated heterocycles. The van der Waals surface area contributed by atoms with E-state index in [2.05, 4.69) is 5.32 Å². The van der Waals surface area contributed by atoms with Gasteiger partial charge in [0.05, 0.1) is 17.3 Å². The Kier molecular flexibility index (Phi) is 4.66. The summed E-state index contributed by atoms with van der Waals surface area (Å²) in [5.74, 6) is -0.884. The number of amides is 2. The minimum Gasteiger partial charge on any atom is -0.366 e. The Morgan fingerprint density at radius 2 is 2.00 bits per heavy atom. The van der Waals surface area contributed by atoms with E-state index in [1.165, 1.54) is 0 Å². The number of rotatable bonds is 5. The van der Waals surface area contributed by atoms with Gasteiger partial charge in [0.25, 0.3) is 5.91 Å². The molecule has 17 heavy (non-hydrogen) atoms. The van der Waals surface area contributed by atoms with Crippen LogP contribution in [0.2, 0.25) is 0 Å². The third-order valence-electron chi connectivity index (χ3n) is 2.39. The van der Waals surface area contributed by atoms with Crippen molar-refractivity contribution in [2.24, 2.45) is 11.5 Å². The van der Waals surface area contributed by atoms with Gasteiger partial charge in [-0.15, -0.1) is 0 Å². The molecule has 5 heteroatoms. The lowest BCUT2D eigenvalue weighted by atomic mass is 10.1. The van der Waals surface area contributed by atoms with Gasteiger partial charge in [0.15, 0.2) is 0 Å². The van der Waals surface area contributed by atoms with E-state index in [1.807, 2.05) is 6.92 Å². The number of hydrogen-bond acceptors (Lipinski definition) is 3. The van der Waals surface area contributed by atoms with E-state index in [4.69, 9.17) is 11.5 Å². The van der Waals surface area contributed by atoms with Crippen LogP contribution in [0.3, 0.4) is 0 Å². The number of benzene rings is 1. The van der Waals surface area contributed by atoms with Gasteiger partial charge in [-0.25, -0.2) is 0 Å². The largest absolute Gasteiger partial charge is 0.366 e. The van der Waals surface area contributed by atoms with Gasteiger partial charge in [-0.05, 0) is 18.6 Å². The predicted octanol–water partition coefficient (Wildman–Crippen LogP) is 0.851. The molecule has 0 radical (unpaired) electrons. The van der Waals surface area contributed by atoms with Crippen LogP contribution in [-0.4, -0.2) is 17.9 Å². The van der Waals surface area contributed by atoms with Crippen LogP contribution in [0, 0.1) is 0 Å². The topological polar surface area (TPSA) is 98.2 Å². The van der Waals surface area contributed by atoms with Crippen LogP contribution in [0.25, 0.3) is 0 Å². The Balaban J connectivity index is 2.81. The molecule has 0 fully saturated rings. The summed E-state index contributed by atoms with van der Waals surface area (Å²) in [5, 5.41) is 2.61. The summed E-state index contributed by atoms with van der Waals surface area (Å²) >= 11 is 0. The molecule has 1 aromatic carbocycles. The summed E-state index contributed by atoms with van der Waals surface area (Å²) in [4.78, 5) is 22.8. The maximum absolute atomic E-state index is 11.7. The minimum atomic E-state index is -0.579. The lowest BCUT2D eigenvalue weighted by Crippen LogP contribution is -2.35. The number of anilines is 1. The highest BCUT2D eigenvalue weighted by Gasteiger charge is 2.15. The lowest BCUT2D eigenvalue weighted by molar-refractivity contribution is -0.117. The molecule has 5 N–H and O–H groups in total. The minimum absolute atomic E-state index is 0.282. The average Bonchev–Trinajstić information content (AvgIpc) is 2.29. The quantitative estimate of drug-likeness (QED) is 0.705. The molecular formula is C12H17N3O2. The van der Waals surface area contributed by atoms with Gasteiger partial charge in [0.2, 0.25) is 5.91 Å². The van der Waals surface area contributed by atoms with Crippen molar-refractivity contribution < 1.29 is 9.59 Å². The van der Waals surface area contributed by atoms with E-state index in [9.17, 15) is 9.59 Å². The number of nitrogens with one attached hydrogen (secondary N) is 1. The molecule has 0 spiro atoms. The molecule has 1 aromatic rings. The molecule has 0 bridgehead atoms. The summed E-state index contributed by atoms with van der Waals surface area (Å²) < 4.78 is 0. The number of carbonyl (C=O) groups excluding carboxylic acids is 2. The fourth-order valence-corrected chi connectivity index (χ4v) is 1.47. The SMILES string of the molecule is CCC[C@@H](N)C(=O)Nc1ccccc1C(N)=O. The molecule has 0 aliphatic heterocycles. The predicted molar refractivity (Wildman–Crippen MR) is 66.5 cm³/mol. The van der Waals surface area contributed by atoms with Crippen molar-refractivity contribution in [3.8, 4) is 0 Å². The summed E-state index contributed by atoms with van der Waals surface area (Å²) in [6.07, 6.45) is 1.43. The molecule has 92 valence electrons. The first-order valence-electron chi connectivity index (χ1n) is 5.51. The fraction of sp³-hybridized carbons (Fsp3) is 0.333. The van der Waals surface area contributed by atoms with Crippen LogP contribution >= 0.6 is 0 Å². The van der Waals surface area contributed by atoms with Crippen molar-refractivity contribution >= 4 is 17.5 Å². The van der Waals surface area contributed by atoms with Crippen LogP contribution < -0.4 is 16.8 Å². The standard InChI is InChI=1S/C12H17N3O2/c1-2-5-9(13)12(17)15-10-7-4-3-6-8(10)11(14)16/h3-4,6-7,9H,2,5,13H2,1H3,(H2,14,16)(H,15,17)/t9-/m1/s1. The van der Waals surface area contributed by atoms with E-state index in [1.54, 1.807) is 24.3 Å². The smallest absolute Gasteiger partial charge is 0.250 e. The third kappa shape index (κ3) is 3.57. The van der Waals surface area contributed by atoms with Crippen LogP contribution in [0.4, 0.5) is 5.69 Å². The number of primary amides is 1. The zero-order valence-electron chi connectivity index (χ0n) is 9.77. The lowest BCUT2D eigenvalue weighted by Gasteiger charge is -2.12. The number of nitrogens with two attached hydrogens (primary N) is 2. The van der Waals surface area contributed by atoms with Crippen molar-refractivity contribution in [1.82, 2.24) is 0 Å². The number of hydrogen-bond donors (Lipinski definition) is 3. The monoisotopic (exact) mass is 235 g/mol. The highest BCUT2D eigenvalue weighted by molar-refractivity contribution is 6.04. The number of para-hydroxylation sites is 1. The van der Waals surface area contributed by atoms with Crippen LogP contribution in [-0.2, 0) is 4.79 Å². The van der Waals surface area contributed by atoms with Gasteiger partial charge < -0.3 is 16.8 Å². The van der Waals surface area contributed by atoms with E-state index in [0.717, 1.165) is 6.42 Å². The summed E-state index contributed by atoms with van der Waals surface area (Å²) in [6, 6.07) is 6.01. The maximum Gasteiger partial charge on any atom is 0.250 e. The molecule has 5 nitrogen and oxygen atoms in total. The summed E-state index contributed by atoms with van der Waals surface area (Å²) in [5.41, 5.74) is 11.6. The first kappa shape index (κ1) is 13.2. The van der Waals surface area contributed by atoms with Crippen molar-refractivity contribution in [3.63, 3.8) is 0 Å². The molecule has 1 atom stereocenters. The Bertz CT molecular complexity index is 418. The van der Waals surface area contributed by atoms with Crippen molar-refractivity contribution in [2.75, 3.05) is 5.32 Å². The van der Waals surface area contributed by atoms with Crippen molar-refractivity contribution in [1.29, 1.82) is 0 Å². The summed E-state index contributed by atoms with van der Waals surface area (Å²) in [7, 11) is 0. The van der Waals surface area contributed by atoms with Gasteiger partial charge in [0, 0.05) is 0 Å². The molecule has 0 aromatic heterocycles. The Hall–Kier alpha value is -1.88. The normalized spacial score (nSPS) is 11.9. The van der Waals surface area contributed by atoms with Gasteiger partial charge in [-0.2, -0.15) is 0 Å². The number of carbonyl (C=O) groups is 2. The van der Waals surface area contributed by atoms with Crippen molar-refractivity contribution in [2.45, 2.75) is 25.8 Å². The van der Waals surface area contributed by atoms with E-state index < -0.39 is 11.9 Å². The molecule has 0 aliphatic rings. The second kappa shape index (κ2) is 6.00. The fourth-order valence-electron chi connectivity index (χ4n) is 1.47. The Labute approximate surface area is 100 Å². The van der Waals surface area contributed by atoms with Crippen LogP contribution in [0.1, 0.15) is 30.1 Å². The highest BCUT2D eigenvalue weighted by Crippen LogP contribution is 2.14. The molecule has 0 unspecified atom stereocenters. The van der Waals surface area contributed by atoms with E-state index in [-0.39, 0.29) is 11.5 Å². The third-order valence-corrected chi connectivity index (χ3v) is 2.39. The van der Waals surface area contributed by atoms with Gasteiger partial charge in [-0.1, -0.05) is 25.5 Å². The second-order valence-electron chi connectivity index (χ2n) is 3.79. The first-order valence-corrected chi connectivity index (χ1v) is 5.51. The first-order chi connectivity index (χ1) is 8.06. The molecule has 2 amide bonds. The molecule has 1 rings (SSSR count). The Morgan fingerprint density at radius 3 is 2.59 bits per heavy atom. The van der Waals surface area contributed by atoms with Gasteiger partial charge in [-0.3, -0.25) is 9.59 Å². The summed E-state index contributed by atoms with van der Waals surface area (Å²) in [6.45, 7) is 1.95. The zero-order chi connectivity index (χ0) is 12.8. The second-order valence-corrected chi connectivity index (χ2v) is 3.79. The van der Waals surface area contributed by atoms with Crippen LogP contribution in [0.15, 0.2) is 24.3 Å². The van der Waals surface area contributed by atoms with Gasteiger partial charge in [0.1, 0.15) is 0 Å². The van der Waals surface area contributed by atoms with E-state index >= 15 is 0 Å². The molecular weight excluding hydrogens is 218 g/mol. The molecule has 0 saturated carbocycles. The average molecular weight is 235 g/mol. The maximum atomic E-state index is 11.7. The zero-order valence-corrected chi connectivity index (χ0v) is 9.77. The van der Waals surface area contributed by atoms with E-state index in [0.29, 0.717) is 12.1 Å². The van der Waals surface area contributed by atoms with Crippen LogP contribution in [0.5, 0.6) is 0 Å². The highest BCUT2D eigenvalue weighted by atomic mass is 16.2. The van der Waals surface area contributed by atoms with Crippen molar-refractivity contribution in [3.05, 3.63) is 29.8 Å². The molecule has 0 heterocycles. The van der Waals surface area contributed by atoms with Gasteiger partial charge >= 0.3 is 0 Å². The Morgan fingerprint density at radius 1 is 1.35 bits per heavy atom. The molecule has 0 aliphatic carbocycles.